The van der Waals surface area contributed by atoms with Crippen LogP contribution in [0.5, 0.6) is 0 Å². The van der Waals surface area contributed by atoms with Gasteiger partial charge in [-0.05, 0) is 74.5 Å². The average molecular weight is 592 g/mol. The fourth-order valence-electron chi connectivity index (χ4n) is 6.15. The van der Waals surface area contributed by atoms with Crippen molar-refractivity contribution in [2.75, 3.05) is 0 Å². The van der Waals surface area contributed by atoms with E-state index in [9.17, 15) is 0 Å². The normalized spacial score (nSPS) is 12.4. The van der Waals surface area contributed by atoms with Crippen LogP contribution in [0.25, 0.3) is 64.7 Å². The molecule has 0 saturated heterocycles. The van der Waals surface area contributed by atoms with Crippen LogP contribution in [-0.2, 0) is 11.8 Å². The van der Waals surface area contributed by atoms with Gasteiger partial charge in [0.25, 0.3) is 0 Å². The lowest BCUT2D eigenvalue weighted by Gasteiger charge is -2.19. The zero-order valence-electron chi connectivity index (χ0n) is 26.3. The summed E-state index contributed by atoms with van der Waals surface area (Å²) in [5, 5.41) is 3.64. The first-order valence-corrected chi connectivity index (χ1v) is 16.1. The van der Waals surface area contributed by atoms with Gasteiger partial charge in [-0.3, -0.25) is 4.98 Å². The third kappa shape index (κ3) is 5.28. The van der Waals surface area contributed by atoms with Crippen molar-refractivity contribution in [3.05, 3.63) is 115 Å². The molecule has 3 aromatic heterocycles. The van der Waals surface area contributed by atoms with E-state index in [1.165, 1.54) is 43.1 Å². The van der Waals surface area contributed by atoms with Crippen LogP contribution < -0.4 is 0 Å². The summed E-state index contributed by atoms with van der Waals surface area (Å²) in [6.45, 7) is 13.6. The fraction of sp³-hybridized carbons (Fsp3) is 0.225. The van der Waals surface area contributed by atoms with Crippen LogP contribution in [0.2, 0.25) is 0 Å². The van der Waals surface area contributed by atoms with Gasteiger partial charge in [-0.2, -0.15) is 0 Å². The van der Waals surface area contributed by atoms with Gasteiger partial charge in [-0.1, -0.05) is 108 Å². The lowest BCUT2D eigenvalue weighted by Crippen LogP contribution is -2.11. The maximum absolute atomic E-state index is 4.86. The van der Waals surface area contributed by atoms with Gasteiger partial charge in [-0.25, -0.2) is 9.97 Å². The molecule has 0 aliphatic heterocycles. The Morgan fingerprint density at radius 3 is 2.25 bits per heavy atom. The van der Waals surface area contributed by atoms with Crippen molar-refractivity contribution in [2.45, 2.75) is 53.4 Å². The highest BCUT2D eigenvalue weighted by Crippen LogP contribution is 2.42. The molecule has 0 aliphatic carbocycles. The second-order valence-corrected chi connectivity index (χ2v) is 15.1. The molecule has 4 aromatic carbocycles. The second-order valence-electron chi connectivity index (χ2n) is 14.0. The van der Waals surface area contributed by atoms with Crippen molar-refractivity contribution in [1.29, 1.82) is 0 Å². The number of fused-ring (bicyclic) bond motifs is 4. The molecule has 218 valence electrons. The van der Waals surface area contributed by atoms with Gasteiger partial charge >= 0.3 is 0 Å². The van der Waals surface area contributed by atoms with Crippen molar-refractivity contribution in [1.82, 2.24) is 15.0 Å². The molecule has 0 N–H and O–H groups in total. The monoisotopic (exact) mass is 591 g/mol. The molecule has 0 saturated carbocycles. The topological polar surface area (TPSA) is 38.7 Å². The van der Waals surface area contributed by atoms with Crippen LogP contribution in [0.4, 0.5) is 0 Å². The van der Waals surface area contributed by atoms with Gasteiger partial charge < -0.3 is 0 Å². The lowest BCUT2D eigenvalue weighted by atomic mass is 9.86. The number of pyridine rings is 1. The number of benzene rings is 4. The summed E-state index contributed by atoms with van der Waals surface area (Å²) < 4.78 is 2.47. The summed E-state index contributed by atoms with van der Waals surface area (Å²) in [5.41, 5.74) is 10.6. The zero-order chi connectivity index (χ0) is 30.6. The predicted molar refractivity (Wildman–Crippen MR) is 188 cm³/mol. The summed E-state index contributed by atoms with van der Waals surface area (Å²) in [6, 6.07) is 33.0. The molecule has 7 aromatic rings. The molecule has 4 heteroatoms. The van der Waals surface area contributed by atoms with E-state index in [-0.39, 0.29) is 10.8 Å². The minimum absolute atomic E-state index is 0.0658. The molecular formula is C40H37N3S. The van der Waals surface area contributed by atoms with Crippen LogP contribution >= 0.6 is 11.3 Å². The Kier molecular flexibility index (Phi) is 6.86. The lowest BCUT2D eigenvalue weighted by molar-refractivity contribution is 0.413. The Morgan fingerprint density at radius 1 is 0.636 bits per heavy atom. The van der Waals surface area contributed by atoms with E-state index in [1.807, 2.05) is 17.5 Å². The molecule has 0 aliphatic rings. The quantitative estimate of drug-likeness (QED) is 0.204. The van der Waals surface area contributed by atoms with Gasteiger partial charge in [0.15, 0.2) is 0 Å². The number of aromatic nitrogens is 3. The van der Waals surface area contributed by atoms with Gasteiger partial charge in [0.05, 0.1) is 21.6 Å². The minimum Gasteiger partial charge on any atom is -0.256 e. The highest BCUT2D eigenvalue weighted by molar-refractivity contribution is 7.26. The van der Waals surface area contributed by atoms with Crippen molar-refractivity contribution in [3.8, 4) is 33.6 Å². The molecule has 3 heterocycles. The summed E-state index contributed by atoms with van der Waals surface area (Å²) in [5.74, 6) is 0. The Labute approximate surface area is 263 Å². The Balaban J connectivity index is 1.36. The standard InChI is InChI=1S/C40H37N3S/c1-39(2,3)23-29-13-9-15-32-36-38(44-37(29)32)35(42-24-43-36)28-17-16-25-10-8-14-31(33(25)21-28)26-11-7-12-27(20-26)34-22-30(18-19-41-34)40(4,5)6/h7-22,24H,23H2,1-6H3. The average Bonchev–Trinajstić information content (AvgIpc) is 3.40. The van der Waals surface area contributed by atoms with E-state index in [0.29, 0.717) is 0 Å². The summed E-state index contributed by atoms with van der Waals surface area (Å²) >= 11 is 1.83. The van der Waals surface area contributed by atoms with E-state index < -0.39 is 0 Å². The molecule has 44 heavy (non-hydrogen) atoms. The van der Waals surface area contributed by atoms with Crippen molar-refractivity contribution >= 4 is 42.4 Å². The third-order valence-corrected chi connectivity index (χ3v) is 9.61. The van der Waals surface area contributed by atoms with Crippen LogP contribution in [0.1, 0.15) is 52.7 Å². The van der Waals surface area contributed by atoms with Crippen LogP contribution in [-0.4, -0.2) is 15.0 Å². The van der Waals surface area contributed by atoms with E-state index >= 15 is 0 Å². The van der Waals surface area contributed by atoms with Crippen LogP contribution in [0, 0.1) is 5.41 Å². The first-order valence-electron chi connectivity index (χ1n) is 15.3. The minimum atomic E-state index is 0.0658. The number of thiophene rings is 1. The van der Waals surface area contributed by atoms with Gasteiger partial charge in [-0.15, -0.1) is 11.3 Å². The Morgan fingerprint density at radius 2 is 1.43 bits per heavy atom. The van der Waals surface area contributed by atoms with Crippen molar-refractivity contribution in [3.63, 3.8) is 0 Å². The molecule has 0 atom stereocenters. The third-order valence-electron chi connectivity index (χ3n) is 8.33. The van der Waals surface area contributed by atoms with E-state index in [4.69, 9.17) is 15.0 Å². The predicted octanol–water partition coefficient (Wildman–Crippen LogP) is 11.3. The maximum atomic E-state index is 4.86. The first kappa shape index (κ1) is 28.4. The number of hydrogen-bond acceptors (Lipinski definition) is 4. The van der Waals surface area contributed by atoms with Crippen molar-refractivity contribution in [2.24, 2.45) is 5.41 Å². The van der Waals surface area contributed by atoms with Crippen LogP contribution in [0.15, 0.2) is 104 Å². The Bertz CT molecular complexity index is 2180. The summed E-state index contributed by atoms with van der Waals surface area (Å²) in [6.07, 6.45) is 4.67. The summed E-state index contributed by atoms with van der Waals surface area (Å²) in [7, 11) is 0. The smallest absolute Gasteiger partial charge is 0.116 e. The molecule has 7 rings (SSSR count). The van der Waals surface area contributed by atoms with Crippen LogP contribution in [0.3, 0.4) is 0 Å². The number of rotatable bonds is 4. The number of hydrogen-bond donors (Lipinski definition) is 0. The highest BCUT2D eigenvalue weighted by atomic mass is 32.1. The number of nitrogens with zero attached hydrogens (tertiary/aromatic N) is 3. The molecule has 0 bridgehead atoms. The highest BCUT2D eigenvalue weighted by Gasteiger charge is 2.19. The van der Waals surface area contributed by atoms with Gasteiger partial charge in [0.1, 0.15) is 6.33 Å². The molecule has 3 nitrogen and oxygen atoms in total. The molecular weight excluding hydrogens is 555 g/mol. The van der Waals surface area contributed by atoms with E-state index in [1.54, 1.807) is 6.33 Å². The van der Waals surface area contributed by atoms with Gasteiger partial charge in [0, 0.05) is 27.4 Å². The Hall–Kier alpha value is -4.41. The zero-order valence-corrected chi connectivity index (χ0v) is 27.1. The molecule has 0 spiro atoms. The fourth-order valence-corrected chi connectivity index (χ4v) is 7.42. The maximum Gasteiger partial charge on any atom is 0.116 e. The summed E-state index contributed by atoms with van der Waals surface area (Å²) in [4.78, 5) is 14.4. The molecule has 0 fully saturated rings. The second kappa shape index (κ2) is 10.6. The first-order chi connectivity index (χ1) is 21.0. The largest absolute Gasteiger partial charge is 0.256 e. The molecule has 0 amide bonds. The SMILES string of the molecule is CC(C)(C)Cc1cccc2c1sc1c(-c3ccc4cccc(-c5cccc(-c6cc(C(C)(C)C)ccn6)c5)c4c3)ncnc12. The molecule has 0 unspecified atom stereocenters. The van der Waals surface area contributed by atoms with Crippen molar-refractivity contribution < 1.29 is 0 Å². The van der Waals surface area contributed by atoms with E-state index in [2.05, 4.69) is 133 Å². The molecule has 0 radical (unpaired) electrons. The van der Waals surface area contributed by atoms with Gasteiger partial charge in [0.2, 0.25) is 0 Å². The van der Waals surface area contributed by atoms with E-state index in [0.717, 1.165) is 39.2 Å².